The lowest BCUT2D eigenvalue weighted by Gasteiger charge is -2.07. The van der Waals surface area contributed by atoms with E-state index in [1.54, 1.807) is 0 Å². The topological polar surface area (TPSA) is 33.1 Å². The molecule has 0 amide bonds. The second-order valence-electron chi connectivity index (χ2n) is 3.98. The number of aliphatic hydroxyl groups is 1. The summed E-state index contributed by atoms with van der Waals surface area (Å²) in [6.07, 6.45) is 1.93. The van der Waals surface area contributed by atoms with E-state index in [1.165, 1.54) is 0 Å². The summed E-state index contributed by atoms with van der Waals surface area (Å²) in [5.74, 6) is 0.474. The highest BCUT2D eigenvalue weighted by molar-refractivity contribution is 5.41. The minimum atomic E-state index is -0.476. The minimum absolute atomic E-state index is 0.474. The van der Waals surface area contributed by atoms with Crippen LogP contribution in [0.1, 0.15) is 23.4 Å². The monoisotopic (exact) mass is 161 g/mol. The van der Waals surface area contributed by atoms with Gasteiger partial charge in [-0.05, 0) is 25.8 Å². The number of aryl methyl sites for hydroxylation is 1. The second-order valence-corrected chi connectivity index (χ2v) is 3.98. The highest BCUT2D eigenvalue weighted by Crippen LogP contribution is 2.59. The van der Waals surface area contributed by atoms with Crippen molar-refractivity contribution in [3.63, 3.8) is 0 Å². The fraction of sp³-hybridized carbons (Fsp3) is 0.500. The lowest BCUT2D eigenvalue weighted by atomic mass is 10.1. The first kappa shape index (κ1) is 6.61. The average molecular weight is 161 g/mol. The van der Waals surface area contributed by atoms with Crippen LogP contribution in [0.15, 0.2) is 12.1 Å². The highest BCUT2D eigenvalue weighted by Gasteiger charge is 2.59. The van der Waals surface area contributed by atoms with Gasteiger partial charge in [-0.3, -0.25) is 4.98 Å². The molecule has 2 aliphatic carbocycles. The second kappa shape index (κ2) is 1.72. The third-order valence-electron chi connectivity index (χ3n) is 3.09. The Hall–Kier alpha value is -0.890. The Balaban J connectivity index is 2.21. The smallest absolute Gasteiger partial charge is 0.0951 e. The maximum Gasteiger partial charge on any atom is 0.0951 e. The molecule has 0 aliphatic heterocycles. The largest absolute Gasteiger partial charge is 0.385 e. The maximum atomic E-state index is 9.97. The molecular formula is C10H11NO. The van der Waals surface area contributed by atoms with Gasteiger partial charge in [0, 0.05) is 22.9 Å². The SMILES string of the molecule is Cc1ccc2c(n1)CC1CC21O. The Morgan fingerprint density at radius 2 is 2.42 bits per heavy atom. The Kier molecular flexibility index (Phi) is 0.945. The molecule has 1 N–H and O–H groups in total. The molecule has 2 aliphatic rings. The van der Waals surface area contributed by atoms with Crippen molar-refractivity contribution in [3.05, 3.63) is 29.1 Å². The summed E-state index contributed by atoms with van der Waals surface area (Å²) in [6.45, 7) is 1.99. The lowest BCUT2D eigenvalue weighted by Crippen LogP contribution is -2.05. The molecule has 0 radical (unpaired) electrons. The molecule has 2 heteroatoms. The van der Waals surface area contributed by atoms with Crippen LogP contribution >= 0.6 is 0 Å². The van der Waals surface area contributed by atoms with Gasteiger partial charge in [-0.2, -0.15) is 0 Å². The summed E-state index contributed by atoms with van der Waals surface area (Å²) >= 11 is 0. The van der Waals surface area contributed by atoms with Gasteiger partial charge in [-0.1, -0.05) is 6.07 Å². The van der Waals surface area contributed by atoms with Crippen molar-refractivity contribution >= 4 is 0 Å². The molecule has 1 aromatic rings. The summed E-state index contributed by atoms with van der Waals surface area (Å²) < 4.78 is 0. The third-order valence-corrected chi connectivity index (χ3v) is 3.09. The fourth-order valence-corrected chi connectivity index (χ4v) is 2.28. The molecule has 2 atom stereocenters. The molecular weight excluding hydrogens is 150 g/mol. The molecule has 0 bridgehead atoms. The van der Waals surface area contributed by atoms with Gasteiger partial charge in [0.05, 0.1) is 5.60 Å². The van der Waals surface area contributed by atoms with Crippen LogP contribution in [-0.4, -0.2) is 10.1 Å². The zero-order valence-electron chi connectivity index (χ0n) is 7.04. The van der Waals surface area contributed by atoms with Gasteiger partial charge in [0.25, 0.3) is 0 Å². The number of pyridine rings is 1. The molecule has 2 unspecified atom stereocenters. The fourth-order valence-electron chi connectivity index (χ4n) is 2.28. The molecule has 62 valence electrons. The summed E-state index contributed by atoms with van der Waals surface area (Å²) in [6, 6.07) is 4.02. The summed E-state index contributed by atoms with van der Waals surface area (Å²) in [4.78, 5) is 4.42. The Bertz CT molecular complexity index is 361. The van der Waals surface area contributed by atoms with Crippen molar-refractivity contribution in [3.8, 4) is 0 Å². The van der Waals surface area contributed by atoms with Crippen LogP contribution in [0.3, 0.4) is 0 Å². The van der Waals surface area contributed by atoms with E-state index >= 15 is 0 Å². The van der Waals surface area contributed by atoms with Crippen molar-refractivity contribution in [2.75, 3.05) is 0 Å². The Morgan fingerprint density at radius 3 is 3.25 bits per heavy atom. The maximum absolute atomic E-state index is 9.97. The quantitative estimate of drug-likeness (QED) is 0.619. The molecule has 0 saturated heterocycles. The van der Waals surface area contributed by atoms with E-state index in [0.717, 1.165) is 29.8 Å². The zero-order valence-corrected chi connectivity index (χ0v) is 7.04. The molecule has 0 aromatic carbocycles. The van der Waals surface area contributed by atoms with Crippen LogP contribution in [0, 0.1) is 12.8 Å². The van der Waals surface area contributed by atoms with Crippen LogP contribution < -0.4 is 0 Å². The van der Waals surface area contributed by atoms with E-state index in [9.17, 15) is 5.11 Å². The van der Waals surface area contributed by atoms with Gasteiger partial charge in [-0.15, -0.1) is 0 Å². The lowest BCUT2D eigenvalue weighted by molar-refractivity contribution is 0.140. The number of aromatic nitrogens is 1. The van der Waals surface area contributed by atoms with Crippen molar-refractivity contribution in [2.24, 2.45) is 5.92 Å². The summed E-state index contributed by atoms with van der Waals surface area (Å²) in [5.41, 5.74) is 2.78. The standard InChI is InChI=1S/C10H11NO/c1-6-2-3-8-9(11-6)4-7-5-10(7,8)12/h2-3,7,12H,4-5H2,1H3. The average Bonchev–Trinajstić information content (AvgIpc) is 2.55. The van der Waals surface area contributed by atoms with Crippen LogP contribution in [0.2, 0.25) is 0 Å². The zero-order chi connectivity index (χ0) is 8.34. The first-order valence-electron chi connectivity index (χ1n) is 4.39. The number of nitrogens with zero attached hydrogens (tertiary/aromatic N) is 1. The van der Waals surface area contributed by atoms with E-state index in [-0.39, 0.29) is 0 Å². The predicted molar refractivity (Wildman–Crippen MR) is 44.7 cm³/mol. The molecule has 0 spiro atoms. The highest BCUT2D eigenvalue weighted by atomic mass is 16.3. The first-order valence-corrected chi connectivity index (χ1v) is 4.39. The van der Waals surface area contributed by atoms with Crippen molar-refractivity contribution < 1.29 is 5.11 Å². The van der Waals surface area contributed by atoms with E-state index in [1.807, 2.05) is 19.1 Å². The van der Waals surface area contributed by atoms with Gasteiger partial charge in [0.15, 0.2) is 0 Å². The predicted octanol–water partition coefficient (Wildman–Crippen LogP) is 1.15. The van der Waals surface area contributed by atoms with E-state index in [2.05, 4.69) is 4.98 Å². The van der Waals surface area contributed by atoms with Crippen molar-refractivity contribution in [1.82, 2.24) is 4.98 Å². The van der Waals surface area contributed by atoms with Crippen LogP contribution in [-0.2, 0) is 12.0 Å². The van der Waals surface area contributed by atoms with E-state index in [4.69, 9.17) is 0 Å². The van der Waals surface area contributed by atoms with Crippen LogP contribution in [0.25, 0.3) is 0 Å². The van der Waals surface area contributed by atoms with Crippen molar-refractivity contribution in [1.29, 1.82) is 0 Å². The van der Waals surface area contributed by atoms with Gasteiger partial charge >= 0.3 is 0 Å². The van der Waals surface area contributed by atoms with Crippen LogP contribution in [0.5, 0.6) is 0 Å². The molecule has 1 heterocycles. The molecule has 12 heavy (non-hydrogen) atoms. The van der Waals surface area contributed by atoms with Gasteiger partial charge in [0.1, 0.15) is 0 Å². The first-order chi connectivity index (χ1) is 5.70. The van der Waals surface area contributed by atoms with Gasteiger partial charge in [0.2, 0.25) is 0 Å². The molecule has 1 fully saturated rings. The van der Waals surface area contributed by atoms with Crippen molar-refractivity contribution in [2.45, 2.75) is 25.4 Å². The van der Waals surface area contributed by atoms with Gasteiger partial charge in [-0.25, -0.2) is 0 Å². The normalized spacial score (nSPS) is 36.0. The summed E-state index contributed by atoms with van der Waals surface area (Å²) in [5, 5.41) is 9.97. The van der Waals surface area contributed by atoms with Crippen LogP contribution in [0.4, 0.5) is 0 Å². The minimum Gasteiger partial charge on any atom is -0.385 e. The Labute approximate surface area is 71.3 Å². The molecule has 3 rings (SSSR count). The van der Waals surface area contributed by atoms with Gasteiger partial charge < -0.3 is 5.11 Å². The number of rotatable bonds is 0. The van der Waals surface area contributed by atoms with E-state index in [0.29, 0.717) is 5.92 Å². The number of fused-ring (bicyclic) bond motifs is 3. The molecule has 1 aromatic heterocycles. The molecule has 2 nitrogen and oxygen atoms in total. The summed E-state index contributed by atoms with van der Waals surface area (Å²) in [7, 11) is 0. The number of hydrogen-bond donors (Lipinski definition) is 1. The van der Waals surface area contributed by atoms with E-state index < -0.39 is 5.60 Å². The number of hydrogen-bond acceptors (Lipinski definition) is 2. The third kappa shape index (κ3) is 0.619. The Morgan fingerprint density at radius 1 is 1.58 bits per heavy atom. The molecule has 1 saturated carbocycles.